The van der Waals surface area contributed by atoms with Crippen molar-refractivity contribution in [2.75, 3.05) is 16.7 Å². The van der Waals surface area contributed by atoms with Gasteiger partial charge in [-0.1, -0.05) is 18.2 Å². The van der Waals surface area contributed by atoms with Gasteiger partial charge in [0.2, 0.25) is 0 Å². The molecule has 3 rings (SSSR count). The number of sulfonamides is 1. The molecule has 28 heavy (non-hydrogen) atoms. The highest BCUT2D eigenvalue weighted by Gasteiger charge is 2.21. The van der Waals surface area contributed by atoms with E-state index in [1.807, 2.05) is 0 Å². The Hall–Kier alpha value is -3.26. The SMILES string of the molecule is CN(c1ccccc1)S(=O)(=O)c1ccc(C(=O)Nc2cc(F)ccc2F)cc1. The molecule has 0 aliphatic heterocycles. The van der Waals surface area contributed by atoms with Crippen molar-refractivity contribution >= 4 is 27.3 Å². The molecule has 0 aromatic heterocycles. The highest BCUT2D eigenvalue weighted by atomic mass is 32.2. The molecule has 8 heteroatoms. The predicted molar refractivity (Wildman–Crippen MR) is 103 cm³/mol. The summed E-state index contributed by atoms with van der Waals surface area (Å²) in [5.74, 6) is -2.16. The highest BCUT2D eigenvalue weighted by Crippen LogP contribution is 2.22. The zero-order valence-electron chi connectivity index (χ0n) is 14.8. The van der Waals surface area contributed by atoms with Gasteiger partial charge in [-0.2, -0.15) is 0 Å². The fraction of sp³-hybridized carbons (Fsp3) is 0.0500. The van der Waals surface area contributed by atoms with Gasteiger partial charge in [0.05, 0.1) is 16.3 Å². The summed E-state index contributed by atoms with van der Waals surface area (Å²) in [6.45, 7) is 0. The quantitative estimate of drug-likeness (QED) is 0.700. The Morgan fingerprint density at radius 2 is 1.57 bits per heavy atom. The first-order valence-electron chi connectivity index (χ1n) is 8.19. The van der Waals surface area contributed by atoms with Gasteiger partial charge in [0.25, 0.3) is 15.9 Å². The number of para-hydroxylation sites is 1. The molecule has 0 unspecified atom stereocenters. The number of halogens is 2. The van der Waals surface area contributed by atoms with Crippen LogP contribution in [0.5, 0.6) is 0 Å². The van der Waals surface area contributed by atoms with Gasteiger partial charge >= 0.3 is 0 Å². The Morgan fingerprint density at radius 3 is 2.21 bits per heavy atom. The summed E-state index contributed by atoms with van der Waals surface area (Å²) in [6, 6.07) is 16.4. The maximum atomic E-state index is 13.6. The summed E-state index contributed by atoms with van der Waals surface area (Å²) >= 11 is 0. The third-order valence-corrected chi connectivity index (χ3v) is 5.87. The molecule has 3 aromatic rings. The maximum Gasteiger partial charge on any atom is 0.264 e. The summed E-state index contributed by atoms with van der Waals surface area (Å²) in [5, 5.41) is 2.26. The summed E-state index contributed by atoms with van der Waals surface area (Å²) in [5.41, 5.74) is 0.293. The molecule has 5 nitrogen and oxygen atoms in total. The monoisotopic (exact) mass is 402 g/mol. The number of hydrogen-bond acceptors (Lipinski definition) is 3. The summed E-state index contributed by atoms with van der Waals surface area (Å²) in [6.07, 6.45) is 0. The lowest BCUT2D eigenvalue weighted by Gasteiger charge is -2.19. The van der Waals surface area contributed by atoms with Crippen molar-refractivity contribution in [1.82, 2.24) is 0 Å². The molecule has 0 saturated heterocycles. The molecule has 0 aliphatic carbocycles. The van der Waals surface area contributed by atoms with Crippen LogP contribution in [0.2, 0.25) is 0 Å². The van der Waals surface area contributed by atoms with Crippen LogP contribution in [0.3, 0.4) is 0 Å². The second-order valence-corrected chi connectivity index (χ2v) is 7.88. The number of nitrogens with one attached hydrogen (secondary N) is 1. The summed E-state index contributed by atoms with van der Waals surface area (Å²) in [7, 11) is -2.39. The molecule has 0 saturated carbocycles. The van der Waals surface area contributed by atoms with E-state index in [0.29, 0.717) is 5.69 Å². The topological polar surface area (TPSA) is 66.5 Å². The van der Waals surface area contributed by atoms with Crippen molar-refractivity contribution in [2.24, 2.45) is 0 Å². The lowest BCUT2D eigenvalue weighted by molar-refractivity contribution is 0.102. The van der Waals surface area contributed by atoms with E-state index >= 15 is 0 Å². The van der Waals surface area contributed by atoms with E-state index in [4.69, 9.17) is 0 Å². The number of amides is 1. The van der Waals surface area contributed by atoms with Gasteiger partial charge in [0.1, 0.15) is 11.6 Å². The first-order chi connectivity index (χ1) is 13.3. The third kappa shape index (κ3) is 4.01. The fourth-order valence-corrected chi connectivity index (χ4v) is 3.70. The van der Waals surface area contributed by atoms with Crippen molar-refractivity contribution < 1.29 is 22.0 Å². The molecule has 1 N–H and O–H groups in total. The number of benzene rings is 3. The van der Waals surface area contributed by atoms with Crippen molar-refractivity contribution in [3.63, 3.8) is 0 Å². The van der Waals surface area contributed by atoms with Crippen molar-refractivity contribution in [3.8, 4) is 0 Å². The van der Waals surface area contributed by atoms with Gasteiger partial charge in [-0.15, -0.1) is 0 Å². The van der Waals surface area contributed by atoms with Gasteiger partial charge < -0.3 is 5.32 Å². The zero-order chi connectivity index (χ0) is 20.3. The molecule has 0 radical (unpaired) electrons. The molecular weight excluding hydrogens is 386 g/mol. The lowest BCUT2D eigenvalue weighted by Crippen LogP contribution is -2.26. The van der Waals surface area contributed by atoms with E-state index in [0.717, 1.165) is 22.5 Å². The average molecular weight is 402 g/mol. The van der Waals surface area contributed by atoms with Crippen LogP contribution in [-0.4, -0.2) is 21.4 Å². The van der Waals surface area contributed by atoms with Gasteiger partial charge in [-0.3, -0.25) is 9.10 Å². The van der Waals surface area contributed by atoms with E-state index in [2.05, 4.69) is 5.32 Å². The van der Waals surface area contributed by atoms with Crippen LogP contribution >= 0.6 is 0 Å². The third-order valence-electron chi connectivity index (χ3n) is 4.07. The van der Waals surface area contributed by atoms with Crippen LogP contribution < -0.4 is 9.62 Å². The number of rotatable bonds is 5. The minimum absolute atomic E-state index is 0.00709. The smallest absolute Gasteiger partial charge is 0.264 e. The van der Waals surface area contributed by atoms with Crippen molar-refractivity contribution in [2.45, 2.75) is 4.90 Å². The Bertz CT molecular complexity index is 1100. The van der Waals surface area contributed by atoms with E-state index in [-0.39, 0.29) is 16.1 Å². The Labute approximate surface area is 161 Å². The number of anilines is 2. The molecule has 0 spiro atoms. The second kappa shape index (κ2) is 7.77. The van der Waals surface area contributed by atoms with E-state index in [1.54, 1.807) is 30.3 Å². The number of carbonyl (C=O) groups excluding carboxylic acids is 1. The first kappa shape index (κ1) is 19.5. The van der Waals surface area contributed by atoms with Gasteiger partial charge in [0.15, 0.2) is 0 Å². The van der Waals surface area contributed by atoms with Crippen LogP contribution in [0, 0.1) is 11.6 Å². The van der Waals surface area contributed by atoms with Crippen LogP contribution in [0.1, 0.15) is 10.4 Å². The Balaban J connectivity index is 1.81. The van der Waals surface area contributed by atoms with Gasteiger partial charge in [-0.25, -0.2) is 17.2 Å². The van der Waals surface area contributed by atoms with Crippen LogP contribution in [0.15, 0.2) is 77.7 Å². The van der Waals surface area contributed by atoms with E-state index in [9.17, 15) is 22.0 Å². The minimum Gasteiger partial charge on any atom is -0.319 e. The maximum absolute atomic E-state index is 13.6. The highest BCUT2D eigenvalue weighted by molar-refractivity contribution is 7.92. The fourth-order valence-electron chi connectivity index (χ4n) is 2.50. The van der Waals surface area contributed by atoms with Crippen LogP contribution in [0.25, 0.3) is 0 Å². The molecule has 0 heterocycles. The standard InChI is InChI=1S/C20H16F2N2O3S/c1-24(16-5-3-2-4-6-16)28(26,27)17-10-7-14(8-11-17)20(25)23-19-13-15(21)9-12-18(19)22/h2-13H,1H3,(H,23,25). The van der Waals surface area contributed by atoms with E-state index in [1.165, 1.54) is 31.3 Å². The summed E-state index contributed by atoms with van der Waals surface area (Å²) < 4.78 is 53.4. The molecule has 144 valence electrons. The normalized spacial score (nSPS) is 11.1. The number of nitrogens with zero attached hydrogens (tertiary/aromatic N) is 1. The van der Waals surface area contributed by atoms with Crippen molar-refractivity contribution in [3.05, 3.63) is 90.0 Å². The Morgan fingerprint density at radius 1 is 0.929 bits per heavy atom. The number of hydrogen-bond donors (Lipinski definition) is 1. The zero-order valence-corrected chi connectivity index (χ0v) is 15.6. The molecule has 0 atom stereocenters. The molecule has 3 aromatic carbocycles. The Kier molecular flexibility index (Phi) is 5.41. The second-order valence-electron chi connectivity index (χ2n) is 5.91. The largest absolute Gasteiger partial charge is 0.319 e. The van der Waals surface area contributed by atoms with Crippen LogP contribution in [-0.2, 0) is 10.0 Å². The lowest BCUT2D eigenvalue weighted by atomic mass is 10.2. The van der Waals surface area contributed by atoms with Crippen LogP contribution in [0.4, 0.5) is 20.2 Å². The van der Waals surface area contributed by atoms with E-state index < -0.39 is 27.6 Å². The molecule has 0 bridgehead atoms. The molecule has 0 fully saturated rings. The predicted octanol–water partition coefficient (Wildman–Crippen LogP) is 4.04. The molecular formula is C20H16F2N2O3S. The average Bonchev–Trinajstić information content (AvgIpc) is 2.71. The molecule has 0 aliphatic rings. The molecule has 1 amide bonds. The summed E-state index contributed by atoms with van der Waals surface area (Å²) in [4.78, 5) is 12.2. The van der Waals surface area contributed by atoms with Gasteiger partial charge in [0, 0.05) is 18.7 Å². The first-order valence-corrected chi connectivity index (χ1v) is 9.63. The van der Waals surface area contributed by atoms with Gasteiger partial charge in [-0.05, 0) is 48.5 Å². The minimum atomic E-state index is -3.81. The number of carbonyl (C=O) groups is 1. The van der Waals surface area contributed by atoms with Crippen molar-refractivity contribution in [1.29, 1.82) is 0 Å².